The van der Waals surface area contributed by atoms with Crippen LogP contribution in [0.15, 0.2) is 43.0 Å². The minimum Gasteiger partial charge on any atom is -0.308 e. The molecule has 1 fully saturated rings. The Labute approximate surface area is 115 Å². The second-order valence-electron chi connectivity index (χ2n) is 4.92. The molecular formula is C16H23NS. The van der Waals surface area contributed by atoms with E-state index in [2.05, 4.69) is 60.1 Å². The zero-order valence-electron chi connectivity index (χ0n) is 11.0. The van der Waals surface area contributed by atoms with Gasteiger partial charge in [-0.15, -0.1) is 6.58 Å². The highest BCUT2D eigenvalue weighted by Gasteiger charge is 2.16. The third-order valence-electron chi connectivity index (χ3n) is 3.54. The van der Waals surface area contributed by atoms with E-state index in [1.807, 2.05) is 0 Å². The Bertz CT molecular complexity index is 343. The number of hydrogen-bond donors (Lipinski definition) is 1. The molecule has 1 aliphatic heterocycles. The molecule has 1 atom stereocenters. The van der Waals surface area contributed by atoms with E-state index >= 15 is 0 Å². The Balaban J connectivity index is 1.76. The maximum absolute atomic E-state index is 3.97. The summed E-state index contributed by atoms with van der Waals surface area (Å²) in [4.78, 5) is 0. The van der Waals surface area contributed by atoms with Crippen molar-refractivity contribution in [2.24, 2.45) is 0 Å². The van der Waals surface area contributed by atoms with E-state index in [4.69, 9.17) is 0 Å². The highest BCUT2D eigenvalue weighted by molar-refractivity contribution is 7.99. The van der Waals surface area contributed by atoms with Gasteiger partial charge in [0.05, 0.1) is 0 Å². The van der Waals surface area contributed by atoms with Crippen LogP contribution in [0.5, 0.6) is 0 Å². The van der Waals surface area contributed by atoms with Crippen LogP contribution in [0.3, 0.4) is 0 Å². The molecule has 0 aliphatic carbocycles. The number of nitrogens with one attached hydrogen (secondary N) is 1. The quantitative estimate of drug-likeness (QED) is 0.784. The zero-order chi connectivity index (χ0) is 12.6. The monoisotopic (exact) mass is 261 g/mol. The molecule has 18 heavy (non-hydrogen) atoms. The average molecular weight is 261 g/mol. The lowest BCUT2D eigenvalue weighted by Gasteiger charge is -2.26. The summed E-state index contributed by atoms with van der Waals surface area (Å²) in [7, 11) is 0. The maximum Gasteiger partial charge on any atom is 0.0253 e. The minimum absolute atomic E-state index is 0.457. The summed E-state index contributed by atoms with van der Waals surface area (Å²) in [6, 6.07) is 11.9. The van der Waals surface area contributed by atoms with Crippen LogP contribution in [0.1, 0.15) is 24.8 Å². The van der Waals surface area contributed by atoms with Gasteiger partial charge in [-0.05, 0) is 42.8 Å². The van der Waals surface area contributed by atoms with E-state index in [1.165, 1.54) is 29.9 Å². The topological polar surface area (TPSA) is 12.0 Å². The molecule has 0 saturated carbocycles. The Kier molecular flexibility index (Phi) is 5.82. The van der Waals surface area contributed by atoms with Gasteiger partial charge in [-0.3, -0.25) is 0 Å². The van der Waals surface area contributed by atoms with Gasteiger partial charge in [0.2, 0.25) is 0 Å². The standard InChI is InChI=1S/C16H23NS/c1-2-15(17-16-10-12-18-13-11-16)9-8-14-6-4-3-5-7-14/h2-7,15-17H,1,8-13H2/t15-/m0/s1. The molecule has 2 rings (SSSR count). The lowest BCUT2D eigenvalue weighted by Crippen LogP contribution is -2.39. The molecular weight excluding hydrogens is 238 g/mol. The highest BCUT2D eigenvalue weighted by atomic mass is 32.2. The summed E-state index contributed by atoms with van der Waals surface area (Å²) in [6.07, 6.45) is 6.97. The lowest BCUT2D eigenvalue weighted by molar-refractivity contribution is 0.431. The van der Waals surface area contributed by atoms with Gasteiger partial charge in [0.1, 0.15) is 0 Å². The second-order valence-corrected chi connectivity index (χ2v) is 6.14. The average Bonchev–Trinajstić information content (AvgIpc) is 2.45. The van der Waals surface area contributed by atoms with Gasteiger partial charge < -0.3 is 5.32 Å². The molecule has 0 amide bonds. The molecule has 1 aromatic carbocycles. The second kappa shape index (κ2) is 7.65. The van der Waals surface area contributed by atoms with Crippen LogP contribution in [0.2, 0.25) is 0 Å². The molecule has 1 aromatic rings. The molecule has 1 nitrogen and oxygen atoms in total. The van der Waals surface area contributed by atoms with Gasteiger partial charge >= 0.3 is 0 Å². The van der Waals surface area contributed by atoms with E-state index in [9.17, 15) is 0 Å². The van der Waals surface area contributed by atoms with Crippen LogP contribution in [-0.2, 0) is 6.42 Å². The normalized spacial score (nSPS) is 18.4. The Morgan fingerprint density at radius 1 is 1.28 bits per heavy atom. The predicted octanol–water partition coefficient (Wildman–Crippen LogP) is 3.66. The number of thioether (sulfide) groups is 1. The van der Waals surface area contributed by atoms with Gasteiger partial charge in [0.25, 0.3) is 0 Å². The smallest absolute Gasteiger partial charge is 0.0253 e. The van der Waals surface area contributed by atoms with Crippen molar-refractivity contribution >= 4 is 11.8 Å². The SMILES string of the molecule is C=C[C@@H](CCc1ccccc1)NC1CCSCC1. The summed E-state index contributed by atoms with van der Waals surface area (Å²) in [5, 5.41) is 3.74. The number of benzene rings is 1. The third-order valence-corrected chi connectivity index (χ3v) is 4.59. The first-order valence-electron chi connectivity index (χ1n) is 6.89. The Morgan fingerprint density at radius 2 is 2.00 bits per heavy atom. The van der Waals surface area contributed by atoms with Crippen molar-refractivity contribution in [2.75, 3.05) is 11.5 Å². The number of aryl methyl sites for hydroxylation is 1. The van der Waals surface area contributed by atoms with E-state index in [0.717, 1.165) is 12.8 Å². The molecule has 1 N–H and O–H groups in total. The summed E-state index contributed by atoms with van der Waals surface area (Å²) in [6.45, 7) is 3.97. The molecule has 2 heteroatoms. The van der Waals surface area contributed by atoms with Crippen molar-refractivity contribution in [3.63, 3.8) is 0 Å². The van der Waals surface area contributed by atoms with Crippen molar-refractivity contribution in [3.8, 4) is 0 Å². The zero-order valence-corrected chi connectivity index (χ0v) is 11.8. The van der Waals surface area contributed by atoms with Crippen molar-refractivity contribution < 1.29 is 0 Å². The van der Waals surface area contributed by atoms with E-state index in [1.54, 1.807) is 0 Å². The molecule has 0 unspecified atom stereocenters. The van der Waals surface area contributed by atoms with Gasteiger partial charge in [0, 0.05) is 12.1 Å². The molecule has 1 heterocycles. The fourth-order valence-corrected chi connectivity index (χ4v) is 3.51. The highest BCUT2D eigenvalue weighted by Crippen LogP contribution is 2.18. The van der Waals surface area contributed by atoms with Crippen molar-refractivity contribution in [2.45, 2.75) is 37.8 Å². The van der Waals surface area contributed by atoms with Crippen molar-refractivity contribution in [3.05, 3.63) is 48.6 Å². The summed E-state index contributed by atoms with van der Waals surface area (Å²) in [5.41, 5.74) is 1.42. The van der Waals surface area contributed by atoms with E-state index in [0.29, 0.717) is 12.1 Å². The van der Waals surface area contributed by atoms with Crippen LogP contribution in [0.4, 0.5) is 0 Å². The van der Waals surface area contributed by atoms with E-state index < -0.39 is 0 Å². The maximum atomic E-state index is 3.97. The Hall–Kier alpha value is -0.730. The van der Waals surface area contributed by atoms with Crippen LogP contribution < -0.4 is 5.32 Å². The first-order chi connectivity index (χ1) is 8.88. The largest absolute Gasteiger partial charge is 0.308 e. The van der Waals surface area contributed by atoms with Gasteiger partial charge in [-0.25, -0.2) is 0 Å². The van der Waals surface area contributed by atoms with Crippen LogP contribution in [0, 0.1) is 0 Å². The van der Waals surface area contributed by atoms with Gasteiger partial charge in [0.15, 0.2) is 0 Å². The predicted molar refractivity (Wildman–Crippen MR) is 82.2 cm³/mol. The molecule has 0 spiro atoms. The lowest BCUT2D eigenvalue weighted by atomic mass is 10.0. The first kappa shape index (κ1) is 13.7. The number of hydrogen-bond acceptors (Lipinski definition) is 2. The summed E-state index contributed by atoms with van der Waals surface area (Å²) < 4.78 is 0. The van der Waals surface area contributed by atoms with Gasteiger partial charge in [-0.2, -0.15) is 11.8 Å². The minimum atomic E-state index is 0.457. The van der Waals surface area contributed by atoms with Crippen LogP contribution in [0.25, 0.3) is 0 Å². The van der Waals surface area contributed by atoms with Crippen LogP contribution in [-0.4, -0.2) is 23.6 Å². The molecule has 0 radical (unpaired) electrons. The van der Waals surface area contributed by atoms with E-state index in [-0.39, 0.29) is 0 Å². The molecule has 0 aromatic heterocycles. The van der Waals surface area contributed by atoms with Gasteiger partial charge in [-0.1, -0.05) is 36.4 Å². The fourth-order valence-electron chi connectivity index (χ4n) is 2.40. The number of rotatable bonds is 6. The van der Waals surface area contributed by atoms with Crippen LogP contribution >= 0.6 is 11.8 Å². The molecule has 98 valence electrons. The molecule has 1 aliphatic rings. The first-order valence-corrected chi connectivity index (χ1v) is 8.04. The summed E-state index contributed by atoms with van der Waals surface area (Å²) in [5.74, 6) is 2.61. The van der Waals surface area contributed by atoms with Crippen molar-refractivity contribution in [1.82, 2.24) is 5.32 Å². The molecule has 0 bridgehead atoms. The molecule has 1 saturated heterocycles. The Morgan fingerprint density at radius 3 is 2.67 bits per heavy atom. The third kappa shape index (κ3) is 4.51. The van der Waals surface area contributed by atoms with Crippen molar-refractivity contribution in [1.29, 1.82) is 0 Å². The summed E-state index contributed by atoms with van der Waals surface area (Å²) >= 11 is 2.08. The fraction of sp³-hybridized carbons (Fsp3) is 0.500.